The lowest BCUT2D eigenvalue weighted by Crippen LogP contribution is -2.18. The minimum absolute atomic E-state index is 0.124. The first-order chi connectivity index (χ1) is 10.5. The van der Waals surface area contributed by atoms with Crippen molar-refractivity contribution in [3.63, 3.8) is 0 Å². The van der Waals surface area contributed by atoms with Crippen molar-refractivity contribution in [3.05, 3.63) is 70.8 Å². The summed E-state index contributed by atoms with van der Waals surface area (Å²) >= 11 is 0. The molecule has 0 aliphatic heterocycles. The van der Waals surface area contributed by atoms with Crippen molar-refractivity contribution < 1.29 is 13.8 Å². The number of benzene rings is 2. The molecule has 2 aromatic rings. The number of rotatable bonds is 6. The molecule has 2 rings (SSSR count). The van der Waals surface area contributed by atoms with Crippen molar-refractivity contribution in [3.8, 4) is 0 Å². The Morgan fingerprint density at radius 1 is 0.727 bits per heavy atom. The molecule has 0 saturated heterocycles. The Morgan fingerprint density at radius 2 is 1.05 bits per heavy atom. The van der Waals surface area contributed by atoms with Gasteiger partial charge >= 0.3 is 0 Å². The minimum atomic E-state index is -1.49. The standard InChI is InChI=1S/C18H18O3S/c1-13-3-7-15(8-4-13)17(19)11-22(21)12-18(20)16-9-5-14(2)6-10-16/h3-10H,11-12H2,1-2H3. The van der Waals surface area contributed by atoms with Crippen molar-refractivity contribution in [2.45, 2.75) is 13.8 Å². The van der Waals surface area contributed by atoms with Crippen LogP contribution < -0.4 is 0 Å². The zero-order valence-corrected chi connectivity index (χ0v) is 13.5. The van der Waals surface area contributed by atoms with Gasteiger partial charge in [-0.25, -0.2) is 0 Å². The summed E-state index contributed by atoms with van der Waals surface area (Å²) in [5.41, 5.74) is 3.18. The molecule has 0 saturated carbocycles. The first-order valence-electron chi connectivity index (χ1n) is 7.00. The molecule has 0 radical (unpaired) electrons. The maximum atomic E-state index is 12.0. The molecule has 3 nitrogen and oxygen atoms in total. The lowest BCUT2D eigenvalue weighted by molar-refractivity contribution is 0.102. The quantitative estimate of drug-likeness (QED) is 0.770. The van der Waals surface area contributed by atoms with Crippen LogP contribution in [0.1, 0.15) is 31.8 Å². The molecule has 0 aliphatic carbocycles. The van der Waals surface area contributed by atoms with Crippen LogP contribution >= 0.6 is 0 Å². The Kier molecular flexibility index (Phi) is 5.39. The summed E-state index contributed by atoms with van der Waals surface area (Å²) in [6.45, 7) is 3.87. The minimum Gasteiger partial charge on any atom is -0.293 e. The molecule has 0 spiro atoms. The third-order valence-electron chi connectivity index (χ3n) is 3.33. The zero-order valence-electron chi connectivity index (χ0n) is 12.7. The van der Waals surface area contributed by atoms with Crippen LogP contribution in [0.25, 0.3) is 0 Å². The van der Waals surface area contributed by atoms with Crippen LogP contribution in [0.5, 0.6) is 0 Å². The molecule has 0 atom stereocenters. The second-order valence-corrected chi connectivity index (χ2v) is 6.76. The van der Waals surface area contributed by atoms with E-state index >= 15 is 0 Å². The smallest absolute Gasteiger partial charge is 0.175 e. The molecule has 2 aromatic carbocycles. The fourth-order valence-electron chi connectivity index (χ4n) is 1.99. The molecular weight excluding hydrogens is 296 g/mol. The monoisotopic (exact) mass is 314 g/mol. The molecule has 114 valence electrons. The van der Waals surface area contributed by atoms with Crippen LogP contribution in [-0.2, 0) is 10.8 Å². The second-order valence-electron chi connectivity index (χ2n) is 5.31. The number of Topliss-reactive ketones (excluding diaryl/α,β-unsaturated/α-hetero) is 2. The number of ketones is 2. The van der Waals surface area contributed by atoms with Crippen LogP contribution in [0.2, 0.25) is 0 Å². The van der Waals surface area contributed by atoms with E-state index < -0.39 is 10.8 Å². The summed E-state index contributed by atoms with van der Waals surface area (Å²) in [6.07, 6.45) is 0. The van der Waals surface area contributed by atoms with Gasteiger partial charge in [-0.2, -0.15) is 0 Å². The number of aryl methyl sites for hydroxylation is 2. The summed E-state index contributed by atoms with van der Waals surface area (Å²) in [4.78, 5) is 24.0. The van der Waals surface area contributed by atoms with E-state index in [2.05, 4.69) is 0 Å². The van der Waals surface area contributed by atoms with Gasteiger partial charge in [0.2, 0.25) is 0 Å². The number of carbonyl (C=O) groups excluding carboxylic acids is 2. The van der Waals surface area contributed by atoms with Gasteiger partial charge in [0, 0.05) is 21.9 Å². The Bertz CT molecular complexity index is 639. The average Bonchev–Trinajstić information content (AvgIpc) is 2.48. The molecule has 0 aliphatic rings. The Labute approximate surface area is 132 Å². The molecule has 0 fully saturated rings. The van der Waals surface area contributed by atoms with Crippen molar-refractivity contribution in [1.82, 2.24) is 0 Å². The molecule has 22 heavy (non-hydrogen) atoms. The first-order valence-corrected chi connectivity index (χ1v) is 8.49. The van der Waals surface area contributed by atoms with E-state index in [4.69, 9.17) is 0 Å². The topological polar surface area (TPSA) is 51.2 Å². The average molecular weight is 314 g/mol. The summed E-state index contributed by atoms with van der Waals surface area (Å²) in [6, 6.07) is 14.2. The van der Waals surface area contributed by atoms with Gasteiger partial charge < -0.3 is 0 Å². The summed E-state index contributed by atoms with van der Waals surface area (Å²) in [7, 11) is -1.49. The molecule has 0 bridgehead atoms. The van der Waals surface area contributed by atoms with Crippen molar-refractivity contribution in [1.29, 1.82) is 0 Å². The van der Waals surface area contributed by atoms with Crippen molar-refractivity contribution in [2.24, 2.45) is 0 Å². The van der Waals surface area contributed by atoms with Gasteiger partial charge in [-0.05, 0) is 13.8 Å². The van der Waals surface area contributed by atoms with Gasteiger partial charge in [-0.1, -0.05) is 59.7 Å². The molecule has 0 unspecified atom stereocenters. The van der Waals surface area contributed by atoms with E-state index in [0.717, 1.165) is 11.1 Å². The maximum Gasteiger partial charge on any atom is 0.175 e. The maximum absolute atomic E-state index is 12.0. The molecule has 0 heterocycles. The van der Waals surface area contributed by atoms with E-state index in [1.807, 2.05) is 38.1 Å². The number of hydrogen-bond acceptors (Lipinski definition) is 3. The van der Waals surface area contributed by atoms with Gasteiger partial charge in [0.1, 0.15) is 0 Å². The van der Waals surface area contributed by atoms with Crippen LogP contribution in [0.3, 0.4) is 0 Å². The lowest BCUT2D eigenvalue weighted by atomic mass is 10.1. The molecule has 4 heteroatoms. The SMILES string of the molecule is Cc1ccc(C(=O)CS(=O)CC(=O)c2ccc(C)cc2)cc1. The summed E-state index contributed by atoms with van der Waals surface area (Å²) < 4.78 is 12.0. The lowest BCUT2D eigenvalue weighted by Gasteiger charge is -2.03. The van der Waals surface area contributed by atoms with Crippen LogP contribution in [-0.4, -0.2) is 27.3 Å². The summed E-state index contributed by atoms with van der Waals surface area (Å²) in [5, 5.41) is 0. The van der Waals surface area contributed by atoms with Crippen LogP contribution in [0.4, 0.5) is 0 Å². The highest BCUT2D eigenvalue weighted by atomic mass is 32.2. The van der Waals surface area contributed by atoms with E-state index in [1.165, 1.54) is 0 Å². The highest BCUT2D eigenvalue weighted by molar-refractivity contribution is 7.86. The van der Waals surface area contributed by atoms with Gasteiger partial charge in [-0.15, -0.1) is 0 Å². The Hall–Kier alpha value is -2.07. The predicted octanol–water partition coefficient (Wildman–Crippen LogP) is 3.12. The highest BCUT2D eigenvalue weighted by Gasteiger charge is 2.15. The fourth-order valence-corrected chi connectivity index (χ4v) is 3.01. The normalized spacial score (nSPS) is 10.7. The third-order valence-corrected chi connectivity index (χ3v) is 4.50. The van der Waals surface area contributed by atoms with Crippen molar-refractivity contribution >= 4 is 22.4 Å². The van der Waals surface area contributed by atoms with Gasteiger partial charge in [0.05, 0.1) is 11.5 Å². The zero-order chi connectivity index (χ0) is 16.1. The second kappa shape index (κ2) is 7.27. The van der Waals surface area contributed by atoms with E-state index in [-0.39, 0.29) is 23.1 Å². The van der Waals surface area contributed by atoms with E-state index in [0.29, 0.717) is 11.1 Å². The predicted molar refractivity (Wildman–Crippen MR) is 88.9 cm³/mol. The fraction of sp³-hybridized carbons (Fsp3) is 0.222. The third kappa shape index (κ3) is 4.46. The molecule has 0 amide bonds. The Balaban J connectivity index is 1.95. The van der Waals surface area contributed by atoms with E-state index in [9.17, 15) is 13.8 Å². The molecular formula is C18H18O3S. The summed E-state index contributed by atoms with van der Waals surface area (Å²) in [5.74, 6) is -0.647. The molecule has 0 N–H and O–H groups in total. The van der Waals surface area contributed by atoms with Crippen LogP contribution in [0, 0.1) is 13.8 Å². The Morgan fingerprint density at radius 3 is 1.36 bits per heavy atom. The number of hydrogen-bond donors (Lipinski definition) is 0. The van der Waals surface area contributed by atoms with Gasteiger partial charge in [0.25, 0.3) is 0 Å². The van der Waals surface area contributed by atoms with Gasteiger partial charge in [-0.3, -0.25) is 13.8 Å². The van der Waals surface area contributed by atoms with Gasteiger partial charge in [0.15, 0.2) is 11.6 Å². The first kappa shape index (κ1) is 16.3. The van der Waals surface area contributed by atoms with Crippen LogP contribution in [0.15, 0.2) is 48.5 Å². The largest absolute Gasteiger partial charge is 0.293 e. The number of carbonyl (C=O) groups is 2. The highest BCUT2D eigenvalue weighted by Crippen LogP contribution is 2.07. The molecule has 0 aromatic heterocycles. The van der Waals surface area contributed by atoms with E-state index in [1.54, 1.807) is 24.3 Å². The van der Waals surface area contributed by atoms with Crippen molar-refractivity contribution in [2.75, 3.05) is 11.5 Å².